The molecular formula is C39H62N6O7. The molecular weight excluding hydrogens is 664 g/mol. The summed E-state index contributed by atoms with van der Waals surface area (Å²) in [6.07, 6.45) is 14.4. The summed E-state index contributed by atoms with van der Waals surface area (Å²) >= 11 is 0. The highest BCUT2D eigenvalue weighted by Gasteiger charge is 2.51. The third-order valence-electron chi connectivity index (χ3n) is 12.0. The van der Waals surface area contributed by atoms with Gasteiger partial charge in [-0.1, -0.05) is 79.1 Å². The number of carbonyl (C=O) groups excluding carboxylic acids is 7. The van der Waals surface area contributed by atoms with Crippen LogP contribution in [0.3, 0.4) is 0 Å². The molecule has 52 heavy (non-hydrogen) atoms. The fourth-order valence-electron chi connectivity index (χ4n) is 8.90. The molecule has 0 radical (unpaired) electrons. The molecule has 6 amide bonds. The summed E-state index contributed by atoms with van der Waals surface area (Å²) in [7, 11) is 0. The van der Waals surface area contributed by atoms with Crippen LogP contribution in [0.15, 0.2) is 0 Å². The van der Waals surface area contributed by atoms with Gasteiger partial charge in [-0.05, 0) is 81.5 Å². The number of carbonyl (C=O) groups is 7. The van der Waals surface area contributed by atoms with Gasteiger partial charge in [-0.25, -0.2) is 0 Å². The first-order valence-corrected chi connectivity index (χ1v) is 20.2. The van der Waals surface area contributed by atoms with Gasteiger partial charge in [0.25, 0.3) is 5.91 Å². The lowest BCUT2D eigenvalue weighted by atomic mass is 9.81. The van der Waals surface area contributed by atoms with E-state index >= 15 is 0 Å². The van der Waals surface area contributed by atoms with Crippen LogP contribution < -0.4 is 26.6 Å². The second-order valence-electron chi connectivity index (χ2n) is 17.2. The summed E-state index contributed by atoms with van der Waals surface area (Å²) in [5.41, 5.74) is -0.775. The number of nitrogens with zero attached hydrogens (tertiary/aromatic N) is 1. The number of Topliss-reactive ketones (excluding diaryl/α,β-unsaturated/α-hetero) is 1. The van der Waals surface area contributed by atoms with Crippen LogP contribution in [0.5, 0.6) is 0 Å². The van der Waals surface area contributed by atoms with Crippen LogP contribution in [0.2, 0.25) is 0 Å². The summed E-state index contributed by atoms with van der Waals surface area (Å²) in [6, 6.07) is -4.15. The summed E-state index contributed by atoms with van der Waals surface area (Å²) in [6.45, 7) is 7.46. The Morgan fingerprint density at radius 2 is 1.27 bits per heavy atom. The number of amides is 6. The zero-order valence-electron chi connectivity index (χ0n) is 31.7. The molecule has 1 aliphatic heterocycles. The maximum atomic E-state index is 14.9. The van der Waals surface area contributed by atoms with E-state index in [4.69, 9.17) is 0 Å². The molecule has 0 aromatic rings. The van der Waals surface area contributed by atoms with Crippen LogP contribution >= 0.6 is 0 Å². The van der Waals surface area contributed by atoms with Crippen LogP contribution in [0, 0.1) is 17.3 Å². The van der Waals surface area contributed by atoms with Crippen molar-refractivity contribution < 1.29 is 33.6 Å². The zero-order chi connectivity index (χ0) is 37.6. The van der Waals surface area contributed by atoms with E-state index in [-0.39, 0.29) is 35.9 Å². The Labute approximate surface area is 308 Å². The number of ketones is 1. The molecule has 1 heterocycles. The van der Waals surface area contributed by atoms with Crippen molar-refractivity contribution in [2.75, 3.05) is 0 Å². The smallest absolute Gasteiger partial charge is 0.309 e. The lowest BCUT2D eigenvalue weighted by Gasteiger charge is -2.40. The van der Waals surface area contributed by atoms with Gasteiger partial charge >= 0.3 is 11.8 Å². The topological polar surface area (TPSA) is 183 Å². The van der Waals surface area contributed by atoms with Crippen LogP contribution in [-0.2, 0) is 33.6 Å². The molecule has 6 atom stereocenters. The van der Waals surface area contributed by atoms with Gasteiger partial charge in [0, 0.05) is 18.1 Å². The van der Waals surface area contributed by atoms with Crippen molar-refractivity contribution in [3.05, 3.63) is 0 Å². The van der Waals surface area contributed by atoms with E-state index in [0.29, 0.717) is 32.1 Å². The van der Waals surface area contributed by atoms with Gasteiger partial charge in [-0.15, -0.1) is 0 Å². The molecule has 5 fully saturated rings. The van der Waals surface area contributed by atoms with Crippen molar-refractivity contribution in [2.45, 2.75) is 186 Å². The van der Waals surface area contributed by atoms with E-state index in [0.717, 1.165) is 83.5 Å². The summed E-state index contributed by atoms with van der Waals surface area (Å²) in [5.74, 6) is -4.42. The van der Waals surface area contributed by atoms with E-state index in [9.17, 15) is 33.6 Å². The first-order chi connectivity index (χ1) is 24.8. The van der Waals surface area contributed by atoms with Crippen LogP contribution in [0.25, 0.3) is 0 Å². The predicted molar refractivity (Wildman–Crippen MR) is 194 cm³/mol. The number of rotatable bonds is 13. The fourth-order valence-corrected chi connectivity index (χ4v) is 8.90. The van der Waals surface area contributed by atoms with E-state index < -0.39 is 64.9 Å². The minimum Gasteiger partial charge on any atom is -0.347 e. The van der Waals surface area contributed by atoms with Gasteiger partial charge in [-0.3, -0.25) is 33.6 Å². The second kappa shape index (κ2) is 17.5. The lowest BCUT2D eigenvalue weighted by molar-refractivity contribution is -0.148. The third-order valence-corrected chi connectivity index (χ3v) is 12.0. The molecule has 0 aromatic carbocycles. The van der Waals surface area contributed by atoms with E-state index in [1.165, 1.54) is 0 Å². The van der Waals surface area contributed by atoms with Gasteiger partial charge in [0.2, 0.25) is 23.5 Å². The maximum absolute atomic E-state index is 14.9. The first kappa shape index (κ1) is 39.7. The fraction of sp³-hybridized carbons (Fsp3) is 0.821. The van der Waals surface area contributed by atoms with Crippen molar-refractivity contribution in [2.24, 2.45) is 17.3 Å². The Kier molecular flexibility index (Phi) is 13.4. The van der Waals surface area contributed by atoms with Crippen molar-refractivity contribution in [3.8, 4) is 0 Å². The number of likely N-dealkylation sites (tertiary alicyclic amines) is 1. The van der Waals surface area contributed by atoms with Gasteiger partial charge in [0.05, 0.1) is 6.04 Å². The van der Waals surface area contributed by atoms with Crippen molar-refractivity contribution in [3.63, 3.8) is 0 Å². The largest absolute Gasteiger partial charge is 0.347 e. The first-order valence-electron chi connectivity index (χ1n) is 20.2. The Morgan fingerprint density at radius 1 is 0.673 bits per heavy atom. The monoisotopic (exact) mass is 726 g/mol. The van der Waals surface area contributed by atoms with Crippen molar-refractivity contribution >= 4 is 41.2 Å². The molecule has 0 bridgehead atoms. The molecule has 0 spiro atoms. The Hall–Kier alpha value is -3.51. The normalized spacial score (nSPS) is 25.6. The SMILES string of the molecule is CCC[C@H](NC(=O)C1CC2CCCCC2N1C(=O)[C@@H](NC(=O)[C@@H](NC(=O)C(=O)NC1CCCC1)C1CCCCC1)C(C)(C)C)C(=O)C(=O)NC1CC1. The maximum Gasteiger partial charge on any atom is 0.309 e. The molecule has 5 N–H and O–H groups in total. The summed E-state index contributed by atoms with van der Waals surface area (Å²) < 4.78 is 0. The molecule has 4 aliphatic carbocycles. The zero-order valence-corrected chi connectivity index (χ0v) is 31.7. The van der Waals surface area contributed by atoms with Gasteiger partial charge < -0.3 is 31.5 Å². The van der Waals surface area contributed by atoms with Gasteiger partial charge in [-0.2, -0.15) is 0 Å². The Bertz CT molecular complexity index is 1350. The Balaban J connectivity index is 1.35. The predicted octanol–water partition coefficient (Wildman–Crippen LogP) is 2.93. The van der Waals surface area contributed by atoms with E-state index in [2.05, 4.69) is 26.6 Å². The number of hydrogen-bond acceptors (Lipinski definition) is 7. The highest BCUT2D eigenvalue weighted by molar-refractivity contribution is 6.38. The molecule has 4 saturated carbocycles. The lowest BCUT2D eigenvalue weighted by Crippen LogP contribution is -2.63. The van der Waals surface area contributed by atoms with Crippen LogP contribution in [0.1, 0.15) is 143 Å². The molecule has 5 rings (SSSR count). The van der Waals surface area contributed by atoms with E-state index in [1.54, 1.807) is 4.90 Å². The molecule has 13 nitrogen and oxygen atoms in total. The van der Waals surface area contributed by atoms with Gasteiger partial charge in [0.15, 0.2) is 0 Å². The standard InChI is InChI=1S/C39H62N6O7/c1-5-13-27(31(46)35(49)40-26-20-21-26)42-33(47)29-22-24-16-9-12-19-28(24)45(29)38(52)32(39(2,3)4)44-34(48)30(23-14-7-6-8-15-23)43-37(51)36(50)41-25-17-10-11-18-25/h23-30,32H,5-22H2,1-4H3,(H,40,49)(H,41,50)(H,42,47)(H,43,51)(H,44,48)/t24?,27-,28?,29?,30-,32+/m0/s1. The van der Waals surface area contributed by atoms with Crippen LogP contribution in [0.4, 0.5) is 0 Å². The highest BCUT2D eigenvalue weighted by atomic mass is 16.2. The average molecular weight is 727 g/mol. The van der Waals surface area contributed by atoms with E-state index in [1.807, 2.05) is 27.7 Å². The molecule has 290 valence electrons. The molecule has 5 aliphatic rings. The number of fused-ring (bicyclic) bond motifs is 1. The molecule has 0 aromatic heterocycles. The Morgan fingerprint density at radius 3 is 1.90 bits per heavy atom. The van der Waals surface area contributed by atoms with Crippen molar-refractivity contribution in [1.82, 2.24) is 31.5 Å². The van der Waals surface area contributed by atoms with Gasteiger partial charge in [0.1, 0.15) is 18.1 Å². The van der Waals surface area contributed by atoms with Crippen LogP contribution in [-0.4, -0.2) is 88.4 Å². The third kappa shape index (κ3) is 9.92. The minimum atomic E-state index is -1.04. The van der Waals surface area contributed by atoms with Crippen molar-refractivity contribution in [1.29, 1.82) is 0 Å². The highest BCUT2D eigenvalue weighted by Crippen LogP contribution is 2.41. The quantitative estimate of drug-likeness (QED) is 0.181. The summed E-state index contributed by atoms with van der Waals surface area (Å²) in [5, 5.41) is 14.1. The minimum absolute atomic E-state index is 0.00477. The molecule has 13 heteroatoms. The molecule has 3 unspecified atom stereocenters. The molecule has 1 saturated heterocycles. The second-order valence-corrected chi connectivity index (χ2v) is 17.2. The average Bonchev–Trinajstić information content (AvgIpc) is 3.61. The summed E-state index contributed by atoms with van der Waals surface area (Å²) in [4.78, 5) is 96.8. The number of nitrogens with one attached hydrogen (secondary N) is 5. The number of hydrogen-bond donors (Lipinski definition) is 5.